The smallest absolute Gasteiger partial charge is 0.195 e. The Morgan fingerprint density at radius 2 is 1.92 bits per heavy atom. The lowest BCUT2D eigenvalue weighted by Crippen LogP contribution is -2.29. The molecule has 0 saturated heterocycles. The lowest BCUT2D eigenvalue weighted by Gasteiger charge is -2.14. The van der Waals surface area contributed by atoms with Gasteiger partial charge in [0.05, 0.1) is 20.3 Å². The minimum Gasteiger partial charge on any atom is -0.493 e. The Labute approximate surface area is 147 Å². The van der Waals surface area contributed by atoms with Gasteiger partial charge in [-0.25, -0.2) is 0 Å². The van der Waals surface area contributed by atoms with Gasteiger partial charge < -0.3 is 20.1 Å². The van der Waals surface area contributed by atoms with Crippen molar-refractivity contribution in [1.29, 1.82) is 0 Å². The van der Waals surface area contributed by atoms with Crippen molar-refractivity contribution in [1.82, 2.24) is 5.32 Å². The van der Waals surface area contributed by atoms with E-state index in [1.165, 1.54) is 9.75 Å². The molecule has 0 fully saturated rings. The Morgan fingerprint density at radius 1 is 1.12 bits per heavy atom. The summed E-state index contributed by atoms with van der Waals surface area (Å²) in [6, 6.07) is 10.1. The molecule has 5 nitrogen and oxygen atoms in total. The van der Waals surface area contributed by atoms with Gasteiger partial charge in [-0.2, -0.15) is 0 Å². The van der Waals surface area contributed by atoms with E-state index in [0.717, 1.165) is 24.4 Å². The molecule has 2 N–H and O–H groups in total. The normalized spacial score (nSPS) is 11.2. The number of nitrogens with one attached hydrogen (secondary N) is 2. The van der Waals surface area contributed by atoms with Gasteiger partial charge >= 0.3 is 0 Å². The molecule has 0 atom stereocenters. The summed E-state index contributed by atoms with van der Waals surface area (Å²) in [5, 5.41) is 6.60. The van der Waals surface area contributed by atoms with E-state index in [9.17, 15) is 0 Å². The molecular weight excluding hydrogens is 322 g/mol. The average Bonchev–Trinajstić information content (AvgIpc) is 3.08. The number of thiophene rings is 1. The first-order valence-electron chi connectivity index (χ1n) is 8.06. The highest BCUT2D eigenvalue weighted by atomic mass is 32.1. The third-order valence-electron chi connectivity index (χ3n) is 3.45. The van der Waals surface area contributed by atoms with Crippen LogP contribution in [0.5, 0.6) is 11.5 Å². The van der Waals surface area contributed by atoms with Crippen molar-refractivity contribution < 1.29 is 9.47 Å². The van der Waals surface area contributed by atoms with Crippen LogP contribution >= 0.6 is 11.3 Å². The maximum atomic E-state index is 5.54. The molecule has 0 amide bonds. The predicted octanol–water partition coefficient (Wildman–Crippen LogP) is 3.91. The summed E-state index contributed by atoms with van der Waals surface area (Å²) in [4.78, 5) is 6.95. The first-order valence-corrected chi connectivity index (χ1v) is 8.87. The maximum Gasteiger partial charge on any atom is 0.195 e. The van der Waals surface area contributed by atoms with Crippen molar-refractivity contribution in [3.63, 3.8) is 0 Å². The molecular formula is C18H25N3O2S. The summed E-state index contributed by atoms with van der Waals surface area (Å²) in [7, 11) is 3.39. The van der Waals surface area contributed by atoms with Gasteiger partial charge in [0.2, 0.25) is 0 Å². The Kier molecular flexibility index (Phi) is 6.93. The van der Waals surface area contributed by atoms with E-state index in [1.807, 2.05) is 36.5 Å². The van der Waals surface area contributed by atoms with Crippen LogP contribution in [-0.4, -0.2) is 26.7 Å². The van der Waals surface area contributed by atoms with Crippen molar-refractivity contribution in [3.05, 3.63) is 40.1 Å². The number of anilines is 1. The number of nitrogens with zero attached hydrogens (tertiary/aromatic N) is 1. The highest BCUT2D eigenvalue weighted by Gasteiger charge is 2.07. The SMILES string of the molecule is CCOc1ccc(NC(=NC)NCc2ccc(CC)s2)cc1OC. The molecule has 1 heterocycles. The fourth-order valence-corrected chi connectivity index (χ4v) is 3.11. The highest BCUT2D eigenvalue weighted by molar-refractivity contribution is 7.11. The van der Waals surface area contributed by atoms with E-state index >= 15 is 0 Å². The first-order chi connectivity index (χ1) is 11.7. The Balaban J connectivity index is 1.99. The van der Waals surface area contributed by atoms with Gasteiger partial charge in [0.25, 0.3) is 0 Å². The molecule has 130 valence electrons. The number of aliphatic imine (C=N–C) groups is 1. The average molecular weight is 347 g/mol. The molecule has 0 spiro atoms. The molecule has 1 aromatic heterocycles. The van der Waals surface area contributed by atoms with Gasteiger partial charge in [0.15, 0.2) is 17.5 Å². The summed E-state index contributed by atoms with van der Waals surface area (Å²) >= 11 is 1.82. The van der Waals surface area contributed by atoms with E-state index in [1.54, 1.807) is 14.2 Å². The summed E-state index contributed by atoms with van der Waals surface area (Å²) in [6.07, 6.45) is 1.07. The molecule has 6 heteroatoms. The van der Waals surface area contributed by atoms with E-state index in [4.69, 9.17) is 9.47 Å². The van der Waals surface area contributed by atoms with Crippen LogP contribution in [0.15, 0.2) is 35.3 Å². The van der Waals surface area contributed by atoms with Crippen LogP contribution in [0, 0.1) is 0 Å². The van der Waals surface area contributed by atoms with Crippen molar-refractivity contribution in [3.8, 4) is 11.5 Å². The molecule has 0 aliphatic heterocycles. The minimum absolute atomic E-state index is 0.604. The van der Waals surface area contributed by atoms with E-state index in [-0.39, 0.29) is 0 Å². The maximum absolute atomic E-state index is 5.54. The topological polar surface area (TPSA) is 54.9 Å². The molecule has 24 heavy (non-hydrogen) atoms. The molecule has 1 aromatic carbocycles. The van der Waals surface area contributed by atoms with Crippen molar-refractivity contribution in [2.75, 3.05) is 26.1 Å². The number of hydrogen-bond acceptors (Lipinski definition) is 4. The fourth-order valence-electron chi connectivity index (χ4n) is 2.21. The zero-order valence-electron chi connectivity index (χ0n) is 14.7. The lowest BCUT2D eigenvalue weighted by atomic mass is 10.2. The van der Waals surface area contributed by atoms with Gasteiger partial charge in [-0.15, -0.1) is 11.3 Å². The number of rotatable bonds is 7. The monoisotopic (exact) mass is 347 g/mol. The van der Waals surface area contributed by atoms with E-state index in [0.29, 0.717) is 18.3 Å². The molecule has 2 aromatic rings. The third kappa shape index (κ3) is 4.89. The minimum atomic E-state index is 0.604. The number of aryl methyl sites for hydroxylation is 1. The second kappa shape index (κ2) is 9.17. The Morgan fingerprint density at radius 3 is 2.54 bits per heavy atom. The zero-order valence-corrected chi connectivity index (χ0v) is 15.5. The van der Waals surface area contributed by atoms with Crippen LogP contribution in [0.4, 0.5) is 5.69 Å². The van der Waals surface area contributed by atoms with Crippen LogP contribution in [0.3, 0.4) is 0 Å². The fraction of sp³-hybridized carbons (Fsp3) is 0.389. The quantitative estimate of drug-likeness (QED) is 0.589. The van der Waals surface area contributed by atoms with Crippen molar-refractivity contribution >= 4 is 23.0 Å². The van der Waals surface area contributed by atoms with Gasteiger partial charge in [-0.3, -0.25) is 4.99 Å². The Bertz CT molecular complexity index is 683. The molecule has 0 bridgehead atoms. The zero-order chi connectivity index (χ0) is 17.4. The number of benzene rings is 1. The summed E-state index contributed by atoms with van der Waals surface area (Å²) < 4.78 is 10.9. The van der Waals surface area contributed by atoms with E-state index in [2.05, 4.69) is 34.7 Å². The number of guanidine groups is 1. The van der Waals surface area contributed by atoms with Crippen LogP contribution in [0.1, 0.15) is 23.6 Å². The number of hydrogen-bond donors (Lipinski definition) is 2. The van der Waals surface area contributed by atoms with Crippen molar-refractivity contribution in [2.45, 2.75) is 26.8 Å². The standard InChI is InChI=1S/C18H25N3O2S/c1-5-14-8-9-15(24-14)12-20-18(19-3)21-13-7-10-16(23-6-2)17(11-13)22-4/h7-11H,5-6,12H2,1-4H3,(H2,19,20,21). The summed E-state index contributed by atoms with van der Waals surface area (Å²) in [5.74, 6) is 2.15. The van der Waals surface area contributed by atoms with Gasteiger partial charge in [0, 0.05) is 28.6 Å². The third-order valence-corrected chi connectivity index (χ3v) is 4.68. The molecule has 2 rings (SSSR count). The molecule has 0 aliphatic carbocycles. The summed E-state index contributed by atoms with van der Waals surface area (Å²) in [5.41, 5.74) is 0.892. The number of ether oxygens (including phenoxy) is 2. The molecule has 0 radical (unpaired) electrons. The largest absolute Gasteiger partial charge is 0.493 e. The van der Waals surface area contributed by atoms with Crippen LogP contribution in [0.2, 0.25) is 0 Å². The lowest BCUT2D eigenvalue weighted by molar-refractivity contribution is 0.311. The van der Waals surface area contributed by atoms with Crippen LogP contribution in [-0.2, 0) is 13.0 Å². The molecule has 0 saturated carbocycles. The van der Waals surface area contributed by atoms with Gasteiger partial charge in [0.1, 0.15) is 0 Å². The van der Waals surface area contributed by atoms with Crippen LogP contribution in [0.25, 0.3) is 0 Å². The first kappa shape index (κ1) is 18.1. The molecule has 0 aliphatic rings. The van der Waals surface area contributed by atoms with Crippen molar-refractivity contribution in [2.24, 2.45) is 4.99 Å². The van der Waals surface area contributed by atoms with E-state index < -0.39 is 0 Å². The second-order valence-electron chi connectivity index (χ2n) is 5.07. The van der Waals surface area contributed by atoms with Crippen LogP contribution < -0.4 is 20.1 Å². The predicted molar refractivity (Wildman–Crippen MR) is 102 cm³/mol. The summed E-state index contributed by atoms with van der Waals surface area (Å²) in [6.45, 7) is 5.47. The molecule has 0 unspecified atom stereocenters. The number of methoxy groups -OCH3 is 1. The highest BCUT2D eigenvalue weighted by Crippen LogP contribution is 2.30. The van der Waals surface area contributed by atoms with Gasteiger partial charge in [-0.05, 0) is 37.6 Å². The van der Waals surface area contributed by atoms with Gasteiger partial charge in [-0.1, -0.05) is 6.92 Å². The Hall–Kier alpha value is -2.21. The second-order valence-corrected chi connectivity index (χ2v) is 6.32.